The smallest absolute Gasteiger partial charge is 0.397 e. The minimum Gasteiger partial charge on any atom is -0.476 e. The zero-order valence-corrected chi connectivity index (χ0v) is 23.8. The Kier molecular flexibility index (Phi) is 6.43. The highest BCUT2D eigenvalue weighted by Crippen LogP contribution is 2.49. The minimum absolute atomic E-state index is 0.0605. The van der Waals surface area contributed by atoms with Crippen molar-refractivity contribution in [1.29, 1.82) is 0 Å². The van der Waals surface area contributed by atoms with E-state index in [1.807, 2.05) is 24.5 Å². The van der Waals surface area contributed by atoms with E-state index < -0.39 is 18.2 Å². The van der Waals surface area contributed by atoms with E-state index in [9.17, 15) is 18.0 Å². The monoisotopic (exact) mass is 563 g/mol. The zero-order chi connectivity index (χ0) is 28.5. The Morgan fingerprint density at radius 1 is 1.18 bits per heavy atom. The summed E-state index contributed by atoms with van der Waals surface area (Å²) in [5.41, 5.74) is -0.981. The van der Waals surface area contributed by atoms with E-state index in [0.29, 0.717) is 17.2 Å². The van der Waals surface area contributed by atoms with Gasteiger partial charge in [0.25, 0.3) is 5.91 Å². The van der Waals surface area contributed by atoms with E-state index in [2.05, 4.69) is 35.9 Å². The first-order valence-electron chi connectivity index (χ1n) is 12.7. The first-order chi connectivity index (χ1) is 18.1. The Labute approximate surface area is 229 Å². The third-order valence-corrected chi connectivity index (χ3v) is 8.50. The number of hydrogen-bond acceptors (Lipinski definition) is 7. The second kappa shape index (κ2) is 9.17. The Hall–Kier alpha value is -3.22. The summed E-state index contributed by atoms with van der Waals surface area (Å²) in [6.45, 7) is 9.93. The van der Waals surface area contributed by atoms with Crippen molar-refractivity contribution in [3.63, 3.8) is 0 Å². The summed E-state index contributed by atoms with van der Waals surface area (Å²) in [5.74, 6) is 1.10. The molecule has 39 heavy (non-hydrogen) atoms. The first kappa shape index (κ1) is 27.4. The second-order valence-corrected chi connectivity index (χ2v) is 12.6. The van der Waals surface area contributed by atoms with Crippen molar-refractivity contribution < 1.29 is 22.7 Å². The van der Waals surface area contributed by atoms with E-state index in [0.717, 1.165) is 30.9 Å². The first-order valence-corrected chi connectivity index (χ1v) is 13.4. The maximum absolute atomic E-state index is 13.8. The molecule has 0 spiro atoms. The maximum Gasteiger partial charge on any atom is 0.397 e. The van der Waals surface area contributed by atoms with E-state index in [1.54, 1.807) is 23.0 Å². The normalized spacial score (nSPS) is 20.8. The molecule has 210 valence electrons. The number of nitrogens with zero attached hydrogens (tertiary/aromatic N) is 7. The molecule has 1 amide bonds. The zero-order valence-electron chi connectivity index (χ0n) is 22.9. The van der Waals surface area contributed by atoms with Gasteiger partial charge in [-0.3, -0.25) is 13.8 Å². The topological polar surface area (TPSA) is 81.3 Å². The van der Waals surface area contributed by atoms with Crippen LogP contribution in [0.4, 0.5) is 19.0 Å². The molecule has 1 saturated heterocycles. The van der Waals surface area contributed by atoms with Crippen molar-refractivity contribution in [3.05, 3.63) is 41.9 Å². The molecule has 13 heteroatoms. The van der Waals surface area contributed by atoms with Crippen LogP contribution in [0.15, 0.2) is 35.5 Å². The molecule has 2 atom stereocenters. The summed E-state index contributed by atoms with van der Waals surface area (Å²) in [4.78, 5) is 21.8. The number of hydrogen-bond donors (Lipinski definition) is 0. The third kappa shape index (κ3) is 4.74. The van der Waals surface area contributed by atoms with Crippen molar-refractivity contribution in [1.82, 2.24) is 28.9 Å². The Morgan fingerprint density at radius 2 is 1.90 bits per heavy atom. The van der Waals surface area contributed by atoms with Crippen LogP contribution < -0.4 is 9.64 Å². The van der Waals surface area contributed by atoms with Crippen LogP contribution >= 0.6 is 11.9 Å². The van der Waals surface area contributed by atoms with Gasteiger partial charge in [-0.2, -0.15) is 18.3 Å². The molecular weight excluding hydrogens is 531 g/mol. The molecule has 0 bridgehead atoms. The molecule has 0 N–H and O–H groups in total. The van der Waals surface area contributed by atoms with Crippen LogP contribution in [0.1, 0.15) is 57.1 Å². The van der Waals surface area contributed by atoms with Crippen LogP contribution in [-0.4, -0.2) is 59.2 Å². The summed E-state index contributed by atoms with van der Waals surface area (Å²) in [6, 6.07) is 4.91. The summed E-state index contributed by atoms with van der Waals surface area (Å²) in [7, 11) is 1.85. The standard InChI is InChI=1S/C26H32F3N7O2S/c1-15-12-25(5,6)35-21-17(23(37)36(22(15)35)39-18-13-33(7)31-16(18)2)8-9-19(30-21)34-11-10-20(32-34)38-14-24(3,4)26(27,28)29/h8-11,13,15,22H,12,14H2,1-7H3. The van der Waals surface area contributed by atoms with E-state index in [1.165, 1.54) is 22.7 Å². The van der Waals surface area contributed by atoms with Crippen molar-refractivity contribution >= 4 is 23.7 Å². The number of anilines is 1. The van der Waals surface area contributed by atoms with Crippen molar-refractivity contribution in [2.75, 3.05) is 11.5 Å². The van der Waals surface area contributed by atoms with Gasteiger partial charge in [-0.1, -0.05) is 6.92 Å². The average Bonchev–Trinajstić information content (AvgIpc) is 3.49. The van der Waals surface area contributed by atoms with Crippen LogP contribution in [0.3, 0.4) is 0 Å². The number of rotatable bonds is 6. The van der Waals surface area contributed by atoms with Crippen LogP contribution in [0.2, 0.25) is 0 Å². The van der Waals surface area contributed by atoms with Crippen LogP contribution in [0.5, 0.6) is 5.88 Å². The molecule has 9 nitrogen and oxygen atoms in total. The van der Waals surface area contributed by atoms with Crippen molar-refractivity contribution in [2.24, 2.45) is 18.4 Å². The molecule has 5 rings (SSSR count). The molecule has 0 saturated carbocycles. The van der Waals surface area contributed by atoms with E-state index in [-0.39, 0.29) is 29.4 Å². The maximum atomic E-state index is 13.8. The molecule has 5 heterocycles. The number of carbonyl (C=O) groups excluding carboxylic acids is 1. The van der Waals surface area contributed by atoms with Gasteiger partial charge in [-0.05, 0) is 71.0 Å². The van der Waals surface area contributed by atoms with Crippen LogP contribution in [0.25, 0.3) is 5.82 Å². The van der Waals surface area contributed by atoms with Gasteiger partial charge in [0.2, 0.25) is 5.88 Å². The lowest BCUT2D eigenvalue weighted by atomic mass is 9.94. The largest absolute Gasteiger partial charge is 0.476 e. The predicted octanol–water partition coefficient (Wildman–Crippen LogP) is 5.39. The summed E-state index contributed by atoms with van der Waals surface area (Å²) in [5, 5.41) is 8.71. The third-order valence-electron chi connectivity index (χ3n) is 7.32. The lowest BCUT2D eigenvalue weighted by molar-refractivity contribution is -0.219. The molecule has 2 aliphatic heterocycles. The number of fused-ring (bicyclic) bond motifs is 3. The fraction of sp³-hybridized carbons (Fsp3) is 0.538. The molecular formula is C26H32F3N7O2S. The molecule has 0 aliphatic carbocycles. The van der Waals surface area contributed by atoms with Gasteiger partial charge in [0.15, 0.2) is 5.82 Å². The molecule has 1 fully saturated rings. The molecule has 0 radical (unpaired) electrons. The van der Waals surface area contributed by atoms with Gasteiger partial charge in [0.1, 0.15) is 18.6 Å². The van der Waals surface area contributed by atoms with Gasteiger partial charge < -0.3 is 9.64 Å². The second-order valence-electron chi connectivity index (χ2n) is 11.6. The SMILES string of the molecule is Cc1nn(C)cc1SN1C(=O)c2ccc(-n3ccc(OCC(C)(C)C(F)(F)F)n3)nc2N2C1C(C)CC2(C)C. The summed E-state index contributed by atoms with van der Waals surface area (Å²) < 4.78 is 50.0. The Bertz CT molecular complexity index is 1410. The van der Waals surface area contributed by atoms with Gasteiger partial charge in [0.05, 0.1) is 21.6 Å². The lowest BCUT2D eigenvalue weighted by Crippen LogP contribution is -2.56. The number of pyridine rings is 1. The van der Waals surface area contributed by atoms with Gasteiger partial charge in [-0.15, -0.1) is 5.10 Å². The van der Waals surface area contributed by atoms with Crippen LogP contribution in [-0.2, 0) is 7.05 Å². The predicted molar refractivity (Wildman–Crippen MR) is 141 cm³/mol. The number of alkyl halides is 3. The van der Waals surface area contributed by atoms with E-state index in [4.69, 9.17) is 9.72 Å². The fourth-order valence-corrected chi connectivity index (χ4v) is 6.40. The van der Waals surface area contributed by atoms with Crippen LogP contribution in [0, 0.1) is 18.3 Å². The minimum atomic E-state index is -4.40. The van der Waals surface area contributed by atoms with Gasteiger partial charge in [0, 0.05) is 31.0 Å². The number of aryl methyl sites for hydroxylation is 2. The van der Waals surface area contributed by atoms with Crippen molar-refractivity contribution in [3.8, 4) is 11.7 Å². The fourth-order valence-electron chi connectivity index (χ4n) is 5.22. The Morgan fingerprint density at radius 3 is 2.54 bits per heavy atom. The highest BCUT2D eigenvalue weighted by molar-refractivity contribution is 7.97. The molecule has 2 unspecified atom stereocenters. The number of aromatic nitrogens is 5. The highest BCUT2D eigenvalue weighted by Gasteiger charge is 2.53. The number of halogens is 3. The highest BCUT2D eigenvalue weighted by atomic mass is 32.2. The van der Waals surface area contributed by atoms with E-state index >= 15 is 0 Å². The lowest BCUT2D eigenvalue weighted by Gasteiger charge is -2.45. The summed E-state index contributed by atoms with van der Waals surface area (Å²) >= 11 is 1.39. The van der Waals surface area contributed by atoms with Gasteiger partial charge >= 0.3 is 6.18 Å². The molecule has 3 aromatic rings. The Balaban J connectivity index is 1.47. The molecule has 0 aromatic carbocycles. The summed E-state index contributed by atoms with van der Waals surface area (Å²) in [6.07, 6.45) is -0.285. The number of amides is 1. The molecule has 3 aromatic heterocycles. The molecule has 2 aliphatic rings. The van der Waals surface area contributed by atoms with Gasteiger partial charge in [-0.25, -0.2) is 9.67 Å². The number of ether oxygens (including phenoxy) is 1. The average molecular weight is 564 g/mol. The van der Waals surface area contributed by atoms with Crippen molar-refractivity contribution in [2.45, 2.75) is 70.7 Å². The number of carbonyl (C=O) groups is 1. The quantitative estimate of drug-likeness (QED) is 0.372.